The van der Waals surface area contributed by atoms with Gasteiger partial charge in [0.1, 0.15) is 17.1 Å². The predicted octanol–water partition coefficient (Wildman–Crippen LogP) is 3.64. The summed E-state index contributed by atoms with van der Waals surface area (Å²) >= 11 is 0. The number of benzene rings is 2. The lowest BCUT2D eigenvalue weighted by Gasteiger charge is -2.32. The van der Waals surface area contributed by atoms with Crippen LogP contribution in [0, 0.1) is 11.7 Å². The third kappa shape index (κ3) is 2.51. The average molecular weight is 404 g/mol. The van der Waals surface area contributed by atoms with Gasteiger partial charge in [0.05, 0.1) is 11.9 Å². The first kappa shape index (κ1) is 18.5. The molecule has 3 heterocycles. The SMILES string of the molecule is CC(C)CN1C(=O)C2(CC(=O)Nc3c2cnn3-c2ccccc2)c2cc(F)ccc21. The fourth-order valence-corrected chi connectivity index (χ4v) is 4.58. The number of carbonyl (C=O) groups is 2. The second-order valence-electron chi connectivity index (χ2n) is 8.26. The van der Waals surface area contributed by atoms with Crippen LogP contribution < -0.4 is 10.2 Å². The molecule has 1 spiro atoms. The zero-order valence-corrected chi connectivity index (χ0v) is 16.7. The fourth-order valence-electron chi connectivity index (χ4n) is 4.58. The Morgan fingerprint density at radius 3 is 2.63 bits per heavy atom. The maximum Gasteiger partial charge on any atom is 0.242 e. The zero-order valence-electron chi connectivity index (χ0n) is 16.7. The van der Waals surface area contributed by atoms with Crippen LogP contribution in [0.1, 0.15) is 31.4 Å². The highest BCUT2D eigenvalue weighted by molar-refractivity contribution is 6.15. The van der Waals surface area contributed by atoms with E-state index in [0.29, 0.717) is 29.2 Å². The topological polar surface area (TPSA) is 67.2 Å². The van der Waals surface area contributed by atoms with Crippen LogP contribution in [0.2, 0.25) is 0 Å². The Hall–Kier alpha value is -3.48. The molecule has 2 aliphatic heterocycles. The predicted molar refractivity (Wildman–Crippen MR) is 111 cm³/mol. The summed E-state index contributed by atoms with van der Waals surface area (Å²) in [7, 11) is 0. The first-order chi connectivity index (χ1) is 14.4. The number of hydrogen-bond donors (Lipinski definition) is 1. The molecule has 2 aromatic carbocycles. The maximum atomic E-state index is 14.3. The molecule has 6 nitrogen and oxygen atoms in total. The second kappa shape index (κ2) is 6.52. The van der Waals surface area contributed by atoms with E-state index in [0.717, 1.165) is 5.69 Å². The quantitative estimate of drug-likeness (QED) is 0.725. The standard InChI is InChI=1S/C23H21FN4O2/c1-14(2)13-27-19-9-8-15(24)10-17(19)23(22(27)30)11-20(29)26-21-18(23)12-25-28(21)16-6-4-3-5-7-16/h3-10,12,14H,11,13H2,1-2H3,(H,26,29). The molecule has 152 valence electrons. The first-order valence-corrected chi connectivity index (χ1v) is 9.97. The Morgan fingerprint density at radius 2 is 1.90 bits per heavy atom. The van der Waals surface area contributed by atoms with Gasteiger partial charge in [0, 0.05) is 24.2 Å². The maximum absolute atomic E-state index is 14.3. The highest BCUT2D eigenvalue weighted by atomic mass is 19.1. The van der Waals surface area contributed by atoms with E-state index in [1.54, 1.807) is 21.8 Å². The molecule has 0 bridgehead atoms. The molecule has 2 amide bonds. The summed E-state index contributed by atoms with van der Waals surface area (Å²) in [4.78, 5) is 28.3. The van der Waals surface area contributed by atoms with E-state index < -0.39 is 11.2 Å². The highest BCUT2D eigenvalue weighted by Gasteiger charge is 2.57. The van der Waals surface area contributed by atoms with Gasteiger partial charge in [-0.25, -0.2) is 9.07 Å². The van der Waals surface area contributed by atoms with Crippen LogP contribution in [0.5, 0.6) is 0 Å². The van der Waals surface area contributed by atoms with Gasteiger partial charge in [-0.15, -0.1) is 0 Å². The Kier molecular flexibility index (Phi) is 4.03. The number of anilines is 2. The van der Waals surface area contributed by atoms with Crippen molar-refractivity contribution in [2.24, 2.45) is 5.92 Å². The largest absolute Gasteiger partial charge is 0.311 e. The Bertz CT molecular complexity index is 1170. The molecule has 7 heteroatoms. The van der Waals surface area contributed by atoms with Crippen molar-refractivity contribution in [3.05, 3.63) is 71.7 Å². The van der Waals surface area contributed by atoms with Gasteiger partial charge in [-0.3, -0.25) is 9.59 Å². The van der Waals surface area contributed by atoms with Gasteiger partial charge in [0.2, 0.25) is 11.8 Å². The molecule has 0 fully saturated rings. The van der Waals surface area contributed by atoms with Crippen molar-refractivity contribution >= 4 is 23.3 Å². The molecule has 1 unspecified atom stereocenters. The summed E-state index contributed by atoms with van der Waals surface area (Å²) in [6.07, 6.45) is 1.54. The average Bonchev–Trinajstić information content (AvgIpc) is 3.23. The summed E-state index contributed by atoms with van der Waals surface area (Å²) in [5, 5.41) is 7.35. The van der Waals surface area contributed by atoms with E-state index in [9.17, 15) is 14.0 Å². The fraction of sp³-hybridized carbons (Fsp3) is 0.261. The molecule has 0 radical (unpaired) electrons. The Morgan fingerprint density at radius 1 is 1.13 bits per heavy atom. The summed E-state index contributed by atoms with van der Waals surface area (Å²) in [5.41, 5.74) is 1.26. The molecule has 0 aliphatic carbocycles. The summed E-state index contributed by atoms with van der Waals surface area (Å²) in [6.45, 7) is 4.53. The van der Waals surface area contributed by atoms with E-state index in [1.165, 1.54) is 12.1 Å². The van der Waals surface area contributed by atoms with E-state index in [2.05, 4.69) is 10.4 Å². The number of rotatable bonds is 3. The minimum Gasteiger partial charge on any atom is -0.311 e. The number of amides is 2. The van der Waals surface area contributed by atoms with Gasteiger partial charge < -0.3 is 10.2 Å². The van der Waals surface area contributed by atoms with Crippen LogP contribution >= 0.6 is 0 Å². The van der Waals surface area contributed by atoms with Crippen molar-refractivity contribution < 1.29 is 14.0 Å². The molecule has 0 saturated carbocycles. The Balaban J connectivity index is 1.76. The van der Waals surface area contributed by atoms with Crippen LogP contribution in [0.4, 0.5) is 15.9 Å². The molecule has 2 aliphatic rings. The van der Waals surface area contributed by atoms with Crippen molar-refractivity contribution in [2.75, 3.05) is 16.8 Å². The van der Waals surface area contributed by atoms with Gasteiger partial charge >= 0.3 is 0 Å². The van der Waals surface area contributed by atoms with Crippen LogP contribution in [0.15, 0.2) is 54.7 Å². The van der Waals surface area contributed by atoms with Crippen LogP contribution in [-0.2, 0) is 15.0 Å². The van der Waals surface area contributed by atoms with E-state index in [-0.39, 0.29) is 24.2 Å². The van der Waals surface area contributed by atoms with Crippen molar-refractivity contribution in [3.63, 3.8) is 0 Å². The molecule has 1 aromatic heterocycles. The van der Waals surface area contributed by atoms with Crippen molar-refractivity contribution in [1.29, 1.82) is 0 Å². The van der Waals surface area contributed by atoms with E-state index in [4.69, 9.17) is 0 Å². The van der Waals surface area contributed by atoms with Crippen LogP contribution in [0.3, 0.4) is 0 Å². The first-order valence-electron chi connectivity index (χ1n) is 9.97. The van der Waals surface area contributed by atoms with Gasteiger partial charge in [-0.1, -0.05) is 32.0 Å². The number of para-hydroxylation sites is 1. The molecule has 0 saturated heterocycles. The summed E-state index contributed by atoms with van der Waals surface area (Å²) < 4.78 is 15.9. The number of halogens is 1. The lowest BCUT2D eigenvalue weighted by Crippen LogP contribution is -2.47. The lowest BCUT2D eigenvalue weighted by molar-refractivity contribution is -0.126. The van der Waals surface area contributed by atoms with E-state index >= 15 is 0 Å². The summed E-state index contributed by atoms with van der Waals surface area (Å²) in [6, 6.07) is 13.8. The van der Waals surface area contributed by atoms with Gasteiger partial charge in [0.25, 0.3) is 0 Å². The van der Waals surface area contributed by atoms with Crippen LogP contribution in [0.25, 0.3) is 5.69 Å². The number of nitrogens with one attached hydrogen (secondary N) is 1. The normalized spacial score (nSPS) is 19.9. The molecule has 1 N–H and O–H groups in total. The number of nitrogens with zero attached hydrogens (tertiary/aromatic N) is 3. The van der Waals surface area contributed by atoms with Gasteiger partial charge in [0.15, 0.2) is 0 Å². The summed E-state index contributed by atoms with van der Waals surface area (Å²) in [5.74, 6) is -0.274. The van der Waals surface area contributed by atoms with Crippen molar-refractivity contribution in [1.82, 2.24) is 9.78 Å². The minimum atomic E-state index is -1.28. The molecular formula is C23H21FN4O2. The number of fused-ring (bicyclic) bond motifs is 4. The third-order valence-corrected chi connectivity index (χ3v) is 5.78. The smallest absolute Gasteiger partial charge is 0.242 e. The Labute approximate surface area is 173 Å². The second-order valence-corrected chi connectivity index (χ2v) is 8.26. The van der Waals surface area contributed by atoms with Gasteiger partial charge in [-0.2, -0.15) is 5.10 Å². The monoisotopic (exact) mass is 404 g/mol. The minimum absolute atomic E-state index is 0.0790. The third-order valence-electron chi connectivity index (χ3n) is 5.78. The zero-order chi connectivity index (χ0) is 21.0. The molecule has 30 heavy (non-hydrogen) atoms. The number of carbonyl (C=O) groups excluding carboxylic acids is 2. The lowest BCUT2D eigenvalue weighted by atomic mass is 9.71. The van der Waals surface area contributed by atoms with Gasteiger partial charge in [-0.05, 0) is 41.8 Å². The highest BCUT2D eigenvalue weighted by Crippen LogP contribution is 2.52. The van der Waals surface area contributed by atoms with E-state index in [1.807, 2.05) is 44.2 Å². The van der Waals surface area contributed by atoms with Crippen molar-refractivity contribution in [2.45, 2.75) is 25.7 Å². The van der Waals surface area contributed by atoms with Crippen LogP contribution in [-0.4, -0.2) is 28.1 Å². The number of hydrogen-bond acceptors (Lipinski definition) is 3. The number of aromatic nitrogens is 2. The molecular weight excluding hydrogens is 383 g/mol. The van der Waals surface area contributed by atoms with Crippen molar-refractivity contribution in [3.8, 4) is 5.69 Å². The molecule has 5 rings (SSSR count). The molecule has 1 atom stereocenters. The molecule has 3 aromatic rings.